The van der Waals surface area contributed by atoms with Crippen LogP contribution in [0.2, 0.25) is 0 Å². The fourth-order valence-electron chi connectivity index (χ4n) is 1.16. The van der Waals surface area contributed by atoms with Crippen molar-refractivity contribution >= 4 is 33.4 Å². The fraction of sp³-hybridized carbons (Fsp3) is 0. The molecule has 0 fully saturated rings. The number of rotatable bonds is 2. The zero-order valence-electron chi connectivity index (χ0n) is 7.48. The molecule has 2 aromatic rings. The number of carboxylic acid groups (broad SMARTS) is 1. The summed E-state index contributed by atoms with van der Waals surface area (Å²) in [6.07, 6.45) is 0. The number of aromatic nitrogens is 1. The molecule has 0 bridgehead atoms. The van der Waals surface area contributed by atoms with Gasteiger partial charge in [0.25, 0.3) is 0 Å². The van der Waals surface area contributed by atoms with Gasteiger partial charge in [0.15, 0.2) is 0 Å². The molecule has 0 aliphatic rings. The number of benzene rings is 1. The lowest BCUT2D eigenvalue weighted by Gasteiger charge is -1.95. The Balaban J connectivity index is 2.41. The number of nitrogens with zero attached hydrogens (tertiary/aromatic N) is 1. The van der Waals surface area contributed by atoms with Gasteiger partial charge in [-0.2, -0.15) is 4.37 Å². The fourth-order valence-corrected chi connectivity index (χ4v) is 2.16. The minimum atomic E-state index is -0.936. The Labute approximate surface area is 98.7 Å². The summed E-state index contributed by atoms with van der Waals surface area (Å²) in [5, 5.41) is 8.76. The molecule has 0 aliphatic carbocycles. The third-order valence-corrected chi connectivity index (χ3v) is 3.11. The van der Waals surface area contributed by atoms with Crippen LogP contribution < -0.4 is 0 Å². The third-order valence-electron chi connectivity index (χ3n) is 1.84. The maximum atomic E-state index is 10.7. The first-order chi connectivity index (χ1) is 7.16. The molecule has 3 nitrogen and oxygen atoms in total. The minimum absolute atomic E-state index is 0.255. The van der Waals surface area contributed by atoms with Gasteiger partial charge in [-0.3, -0.25) is 0 Å². The molecule has 1 aromatic heterocycles. The molecule has 76 valence electrons. The molecule has 5 heteroatoms. The first kappa shape index (κ1) is 10.3. The average molecular weight is 284 g/mol. The van der Waals surface area contributed by atoms with E-state index in [2.05, 4.69) is 20.3 Å². The van der Waals surface area contributed by atoms with Crippen LogP contribution in [-0.4, -0.2) is 15.4 Å². The van der Waals surface area contributed by atoms with E-state index in [1.54, 1.807) is 6.07 Å². The SMILES string of the molecule is O=C(O)c1cc(-c2cccc(Br)c2)ns1. The lowest BCUT2D eigenvalue weighted by molar-refractivity contribution is 0.0702. The van der Waals surface area contributed by atoms with E-state index >= 15 is 0 Å². The topological polar surface area (TPSA) is 50.2 Å². The van der Waals surface area contributed by atoms with E-state index < -0.39 is 5.97 Å². The molecular weight excluding hydrogens is 278 g/mol. The molecule has 0 amide bonds. The maximum absolute atomic E-state index is 10.7. The molecule has 2 rings (SSSR count). The monoisotopic (exact) mass is 283 g/mol. The Morgan fingerprint density at radius 2 is 2.20 bits per heavy atom. The van der Waals surface area contributed by atoms with Gasteiger partial charge in [-0.15, -0.1) is 0 Å². The predicted molar refractivity (Wildman–Crippen MR) is 62.2 cm³/mol. The molecule has 0 aliphatic heterocycles. The molecule has 0 radical (unpaired) electrons. The Morgan fingerprint density at radius 3 is 2.80 bits per heavy atom. The van der Waals surface area contributed by atoms with Crippen molar-refractivity contribution in [1.82, 2.24) is 4.37 Å². The molecule has 0 spiro atoms. The molecule has 0 saturated heterocycles. The molecule has 1 heterocycles. The summed E-state index contributed by atoms with van der Waals surface area (Å²) in [4.78, 5) is 10.9. The van der Waals surface area contributed by atoms with Crippen LogP contribution in [0, 0.1) is 0 Å². The van der Waals surface area contributed by atoms with Crippen LogP contribution in [-0.2, 0) is 0 Å². The first-order valence-corrected chi connectivity index (χ1v) is 5.69. The number of hydrogen-bond acceptors (Lipinski definition) is 3. The van der Waals surface area contributed by atoms with Gasteiger partial charge in [0.2, 0.25) is 0 Å². The third kappa shape index (κ3) is 2.24. The second-order valence-electron chi connectivity index (χ2n) is 2.89. The van der Waals surface area contributed by atoms with Gasteiger partial charge in [0.05, 0.1) is 5.69 Å². The molecule has 0 unspecified atom stereocenters. The van der Waals surface area contributed by atoms with E-state index in [4.69, 9.17) is 5.11 Å². The average Bonchev–Trinajstić information content (AvgIpc) is 2.66. The molecule has 0 saturated carbocycles. The van der Waals surface area contributed by atoms with Gasteiger partial charge < -0.3 is 5.11 Å². The van der Waals surface area contributed by atoms with E-state index in [0.717, 1.165) is 21.6 Å². The summed E-state index contributed by atoms with van der Waals surface area (Å²) in [6, 6.07) is 9.17. The van der Waals surface area contributed by atoms with E-state index in [1.807, 2.05) is 24.3 Å². The van der Waals surface area contributed by atoms with Crippen LogP contribution in [0.25, 0.3) is 11.3 Å². The quantitative estimate of drug-likeness (QED) is 0.920. The second kappa shape index (κ2) is 4.12. The first-order valence-electron chi connectivity index (χ1n) is 4.13. The molecular formula is C10H6BrNO2S. The highest BCUT2D eigenvalue weighted by molar-refractivity contribution is 9.10. The summed E-state index contributed by atoms with van der Waals surface area (Å²) in [7, 11) is 0. The van der Waals surface area contributed by atoms with Gasteiger partial charge >= 0.3 is 5.97 Å². The van der Waals surface area contributed by atoms with Crippen molar-refractivity contribution in [2.45, 2.75) is 0 Å². The van der Waals surface area contributed by atoms with Crippen molar-refractivity contribution in [2.75, 3.05) is 0 Å². The highest BCUT2D eigenvalue weighted by Gasteiger charge is 2.09. The van der Waals surface area contributed by atoms with Crippen LogP contribution in [0.1, 0.15) is 9.67 Å². The zero-order valence-corrected chi connectivity index (χ0v) is 9.88. The number of halogens is 1. The standard InChI is InChI=1S/C10H6BrNO2S/c11-7-3-1-2-6(4-7)8-5-9(10(13)14)15-12-8/h1-5H,(H,13,14). The molecule has 0 atom stereocenters. The van der Waals surface area contributed by atoms with Crippen LogP contribution in [0.15, 0.2) is 34.8 Å². The summed E-state index contributed by atoms with van der Waals surface area (Å²) in [6.45, 7) is 0. The Morgan fingerprint density at radius 1 is 1.40 bits per heavy atom. The summed E-state index contributed by atoms with van der Waals surface area (Å²) in [5.41, 5.74) is 1.60. The number of aromatic carboxylic acids is 1. The molecule has 1 N–H and O–H groups in total. The smallest absolute Gasteiger partial charge is 0.347 e. The Kier molecular flexibility index (Phi) is 2.83. The lowest BCUT2D eigenvalue weighted by atomic mass is 10.1. The van der Waals surface area contributed by atoms with Crippen LogP contribution in [0.5, 0.6) is 0 Å². The van der Waals surface area contributed by atoms with Crippen molar-refractivity contribution in [3.63, 3.8) is 0 Å². The Hall–Kier alpha value is -1.20. The number of carbonyl (C=O) groups is 1. The molecule has 15 heavy (non-hydrogen) atoms. The van der Waals surface area contributed by atoms with Crippen molar-refractivity contribution in [2.24, 2.45) is 0 Å². The largest absolute Gasteiger partial charge is 0.477 e. The minimum Gasteiger partial charge on any atom is -0.477 e. The predicted octanol–water partition coefficient (Wildman–Crippen LogP) is 3.27. The number of hydrogen-bond donors (Lipinski definition) is 1. The maximum Gasteiger partial charge on any atom is 0.347 e. The van der Waals surface area contributed by atoms with E-state index in [9.17, 15) is 4.79 Å². The van der Waals surface area contributed by atoms with E-state index in [-0.39, 0.29) is 4.88 Å². The normalized spacial score (nSPS) is 10.2. The van der Waals surface area contributed by atoms with Crippen LogP contribution in [0.3, 0.4) is 0 Å². The van der Waals surface area contributed by atoms with Gasteiger partial charge in [0, 0.05) is 10.0 Å². The summed E-state index contributed by atoms with van der Waals surface area (Å²) >= 11 is 4.35. The van der Waals surface area contributed by atoms with Crippen LogP contribution in [0.4, 0.5) is 0 Å². The van der Waals surface area contributed by atoms with Crippen molar-refractivity contribution in [1.29, 1.82) is 0 Å². The lowest BCUT2D eigenvalue weighted by Crippen LogP contribution is -1.89. The van der Waals surface area contributed by atoms with E-state index in [0.29, 0.717) is 5.69 Å². The van der Waals surface area contributed by atoms with Gasteiger partial charge in [-0.25, -0.2) is 4.79 Å². The summed E-state index contributed by atoms with van der Waals surface area (Å²) < 4.78 is 5.04. The van der Waals surface area contributed by atoms with Crippen LogP contribution >= 0.6 is 27.5 Å². The van der Waals surface area contributed by atoms with Crippen molar-refractivity contribution in [3.8, 4) is 11.3 Å². The van der Waals surface area contributed by atoms with Gasteiger partial charge in [-0.05, 0) is 29.7 Å². The van der Waals surface area contributed by atoms with Gasteiger partial charge in [0.1, 0.15) is 4.88 Å². The van der Waals surface area contributed by atoms with Gasteiger partial charge in [-0.1, -0.05) is 28.1 Å². The highest BCUT2D eigenvalue weighted by atomic mass is 79.9. The number of carboxylic acids is 1. The van der Waals surface area contributed by atoms with Crippen molar-refractivity contribution < 1.29 is 9.90 Å². The molecule has 1 aromatic carbocycles. The zero-order chi connectivity index (χ0) is 10.8. The Bertz CT molecular complexity index is 510. The van der Waals surface area contributed by atoms with Crippen molar-refractivity contribution in [3.05, 3.63) is 39.7 Å². The second-order valence-corrected chi connectivity index (χ2v) is 4.61. The highest BCUT2D eigenvalue weighted by Crippen LogP contribution is 2.24. The van der Waals surface area contributed by atoms with E-state index in [1.165, 1.54) is 0 Å². The summed E-state index contributed by atoms with van der Waals surface area (Å²) in [5.74, 6) is -0.936.